The molecule has 0 heterocycles. The molecule has 0 fully saturated rings. The van der Waals surface area contributed by atoms with Gasteiger partial charge in [0.25, 0.3) is 0 Å². The molecular formula is C8H17O. The Labute approximate surface area is 58.4 Å². The summed E-state index contributed by atoms with van der Waals surface area (Å²) in [5.74, 6) is 0. The van der Waals surface area contributed by atoms with Crippen molar-refractivity contribution < 1.29 is 4.74 Å². The lowest BCUT2D eigenvalue weighted by molar-refractivity contribution is 0.0787. The van der Waals surface area contributed by atoms with Gasteiger partial charge in [0, 0.05) is 0 Å². The van der Waals surface area contributed by atoms with Gasteiger partial charge in [-0.1, -0.05) is 13.8 Å². The van der Waals surface area contributed by atoms with Crippen molar-refractivity contribution in [2.75, 3.05) is 0 Å². The fourth-order valence-corrected chi connectivity index (χ4v) is 0.750. The third kappa shape index (κ3) is 4.46. The van der Waals surface area contributed by atoms with Crippen molar-refractivity contribution in [1.29, 1.82) is 0 Å². The molecule has 0 aliphatic rings. The van der Waals surface area contributed by atoms with Crippen molar-refractivity contribution in [1.82, 2.24) is 0 Å². The Morgan fingerprint density at radius 3 is 1.78 bits per heavy atom. The first-order valence-corrected chi connectivity index (χ1v) is 3.72. The van der Waals surface area contributed by atoms with Gasteiger partial charge in [-0.2, -0.15) is 0 Å². The van der Waals surface area contributed by atoms with Crippen LogP contribution in [-0.4, -0.2) is 6.10 Å². The van der Waals surface area contributed by atoms with E-state index in [1.807, 2.05) is 0 Å². The topological polar surface area (TPSA) is 9.23 Å². The average Bonchev–Trinajstić information content (AvgIpc) is 1.82. The first-order chi connectivity index (χ1) is 4.20. The molecule has 0 aromatic heterocycles. The van der Waals surface area contributed by atoms with Gasteiger partial charge in [0.15, 0.2) is 0 Å². The Bertz CT molecular complexity index is 55.6. The van der Waals surface area contributed by atoms with Crippen LogP contribution in [-0.2, 0) is 4.74 Å². The van der Waals surface area contributed by atoms with Gasteiger partial charge in [-0.05, 0) is 26.7 Å². The summed E-state index contributed by atoms with van der Waals surface area (Å²) in [5, 5.41) is 0. The molecule has 0 aliphatic carbocycles. The van der Waals surface area contributed by atoms with E-state index >= 15 is 0 Å². The molecule has 0 amide bonds. The first-order valence-electron chi connectivity index (χ1n) is 3.72. The molecule has 0 N–H and O–H groups in total. The summed E-state index contributed by atoms with van der Waals surface area (Å²) < 4.78 is 5.47. The minimum atomic E-state index is 0.347. The average molecular weight is 129 g/mol. The smallest absolute Gasteiger partial charge is 0.0968 e. The highest BCUT2D eigenvalue weighted by atomic mass is 16.5. The monoisotopic (exact) mass is 129 g/mol. The first kappa shape index (κ1) is 8.96. The Hall–Kier alpha value is -0.0400. The molecule has 9 heavy (non-hydrogen) atoms. The number of hydrogen-bond donors (Lipinski definition) is 0. The zero-order valence-electron chi connectivity index (χ0n) is 6.90. The largest absolute Gasteiger partial charge is 0.369 e. The van der Waals surface area contributed by atoms with Gasteiger partial charge in [-0.3, -0.25) is 0 Å². The van der Waals surface area contributed by atoms with Crippen molar-refractivity contribution in [2.45, 2.75) is 46.6 Å². The predicted octanol–water partition coefficient (Wildman–Crippen LogP) is 2.76. The van der Waals surface area contributed by atoms with Crippen molar-refractivity contribution in [3.05, 3.63) is 6.10 Å². The second-order valence-electron chi connectivity index (χ2n) is 2.41. The van der Waals surface area contributed by atoms with Crippen LogP contribution in [0, 0.1) is 6.10 Å². The summed E-state index contributed by atoms with van der Waals surface area (Å²) in [6.07, 6.45) is 3.66. The normalized spacial score (nSPS) is 11.3. The molecule has 0 atom stereocenters. The van der Waals surface area contributed by atoms with E-state index in [0.717, 1.165) is 12.8 Å². The lowest BCUT2D eigenvalue weighted by Gasteiger charge is -2.14. The van der Waals surface area contributed by atoms with Gasteiger partial charge < -0.3 is 4.74 Å². The van der Waals surface area contributed by atoms with E-state index in [2.05, 4.69) is 27.7 Å². The number of hydrogen-bond acceptors (Lipinski definition) is 1. The zero-order valence-corrected chi connectivity index (χ0v) is 6.90. The predicted molar refractivity (Wildman–Crippen MR) is 40.0 cm³/mol. The SMILES string of the molecule is CC[C](CC)OC(C)C. The van der Waals surface area contributed by atoms with Crippen LogP contribution in [0.15, 0.2) is 0 Å². The standard InChI is InChI=1S/C8H17O/c1-5-8(6-2)9-7(3)4/h7H,5-6H2,1-4H3. The maximum Gasteiger partial charge on any atom is 0.0968 e. The highest BCUT2D eigenvalue weighted by molar-refractivity contribution is 4.74. The molecule has 1 heteroatoms. The van der Waals surface area contributed by atoms with Gasteiger partial charge in [0.1, 0.15) is 0 Å². The highest BCUT2D eigenvalue weighted by Gasteiger charge is 2.05. The summed E-state index contributed by atoms with van der Waals surface area (Å²) in [4.78, 5) is 0. The van der Waals surface area contributed by atoms with Crippen LogP contribution in [0.5, 0.6) is 0 Å². The van der Waals surface area contributed by atoms with E-state index in [1.165, 1.54) is 6.10 Å². The molecule has 0 unspecified atom stereocenters. The van der Waals surface area contributed by atoms with E-state index in [4.69, 9.17) is 4.74 Å². The van der Waals surface area contributed by atoms with Gasteiger partial charge in [-0.15, -0.1) is 0 Å². The number of ether oxygens (including phenoxy) is 1. The molecule has 55 valence electrons. The van der Waals surface area contributed by atoms with Crippen LogP contribution in [0.3, 0.4) is 0 Å². The van der Waals surface area contributed by atoms with Crippen LogP contribution in [0.2, 0.25) is 0 Å². The lowest BCUT2D eigenvalue weighted by Crippen LogP contribution is -2.07. The van der Waals surface area contributed by atoms with Crippen LogP contribution in [0.4, 0.5) is 0 Å². The summed E-state index contributed by atoms with van der Waals surface area (Å²) in [7, 11) is 0. The molecular weight excluding hydrogens is 112 g/mol. The van der Waals surface area contributed by atoms with Gasteiger partial charge >= 0.3 is 0 Å². The minimum Gasteiger partial charge on any atom is -0.369 e. The van der Waals surface area contributed by atoms with Crippen molar-refractivity contribution >= 4 is 0 Å². The fraction of sp³-hybridized carbons (Fsp3) is 0.875. The zero-order chi connectivity index (χ0) is 7.28. The number of rotatable bonds is 4. The van der Waals surface area contributed by atoms with E-state index in [-0.39, 0.29) is 0 Å². The molecule has 0 saturated heterocycles. The molecule has 0 saturated carbocycles. The Kier molecular flexibility index (Phi) is 4.78. The quantitative estimate of drug-likeness (QED) is 0.567. The highest BCUT2D eigenvalue weighted by Crippen LogP contribution is 2.13. The van der Waals surface area contributed by atoms with Crippen LogP contribution < -0.4 is 0 Å². The molecule has 1 nitrogen and oxygen atoms in total. The van der Waals surface area contributed by atoms with E-state index < -0.39 is 0 Å². The van der Waals surface area contributed by atoms with Crippen molar-refractivity contribution in [3.8, 4) is 0 Å². The summed E-state index contributed by atoms with van der Waals surface area (Å²) in [5.41, 5.74) is 0. The van der Waals surface area contributed by atoms with Gasteiger partial charge in [0.05, 0.1) is 12.2 Å². The Balaban J connectivity index is 3.31. The van der Waals surface area contributed by atoms with Gasteiger partial charge in [0.2, 0.25) is 0 Å². The van der Waals surface area contributed by atoms with Gasteiger partial charge in [-0.25, -0.2) is 0 Å². The maximum absolute atomic E-state index is 5.47. The maximum atomic E-state index is 5.47. The van der Waals surface area contributed by atoms with Crippen molar-refractivity contribution in [3.63, 3.8) is 0 Å². The second-order valence-corrected chi connectivity index (χ2v) is 2.41. The Morgan fingerprint density at radius 1 is 1.22 bits per heavy atom. The molecule has 0 aromatic carbocycles. The summed E-state index contributed by atoms with van der Waals surface area (Å²) in [6, 6.07) is 0. The Morgan fingerprint density at radius 2 is 1.67 bits per heavy atom. The molecule has 1 radical (unpaired) electrons. The van der Waals surface area contributed by atoms with Crippen molar-refractivity contribution in [2.24, 2.45) is 0 Å². The molecule has 0 rings (SSSR count). The second kappa shape index (κ2) is 4.80. The summed E-state index contributed by atoms with van der Waals surface area (Å²) >= 11 is 0. The molecule has 0 aromatic rings. The molecule has 0 aliphatic heterocycles. The molecule has 0 bridgehead atoms. The third-order valence-corrected chi connectivity index (χ3v) is 1.19. The van der Waals surface area contributed by atoms with Crippen LogP contribution in [0.1, 0.15) is 40.5 Å². The van der Waals surface area contributed by atoms with E-state index in [1.54, 1.807) is 0 Å². The van der Waals surface area contributed by atoms with Crippen LogP contribution >= 0.6 is 0 Å². The van der Waals surface area contributed by atoms with Crippen LogP contribution in [0.25, 0.3) is 0 Å². The lowest BCUT2D eigenvalue weighted by atomic mass is 10.2. The van der Waals surface area contributed by atoms with E-state index in [0.29, 0.717) is 6.10 Å². The minimum absolute atomic E-state index is 0.347. The third-order valence-electron chi connectivity index (χ3n) is 1.19. The van der Waals surface area contributed by atoms with E-state index in [9.17, 15) is 0 Å². The summed E-state index contributed by atoms with van der Waals surface area (Å²) in [6.45, 7) is 8.37. The molecule has 0 spiro atoms. The fourth-order valence-electron chi connectivity index (χ4n) is 0.750.